The van der Waals surface area contributed by atoms with Crippen LogP contribution in [0.1, 0.15) is 12.0 Å². The molecular formula is C16H18N2O. The first-order valence-electron chi connectivity index (χ1n) is 6.67. The lowest BCUT2D eigenvalue weighted by molar-refractivity contribution is 0.322. The van der Waals surface area contributed by atoms with Gasteiger partial charge in [-0.05, 0) is 36.2 Å². The van der Waals surface area contributed by atoms with Gasteiger partial charge in [-0.25, -0.2) is 0 Å². The van der Waals surface area contributed by atoms with Crippen molar-refractivity contribution in [3.8, 4) is 5.75 Å². The van der Waals surface area contributed by atoms with Gasteiger partial charge in [0.15, 0.2) is 0 Å². The maximum atomic E-state index is 5.78. The van der Waals surface area contributed by atoms with E-state index in [0.29, 0.717) is 6.54 Å². The Balaban J connectivity index is 1.99. The van der Waals surface area contributed by atoms with Crippen molar-refractivity contribution in [2.75, 3.05) is 18.1 Å². The highest BCUT2D eigenvalue weighted by Gasteiger charge is 2.16. The van der Waals surface area contributed by atoms with Gasteiger partial charge in [0.25, 0.3) is 0 Å². The molecule has 3 nitrogen and oxygen atoms in total. The van der Waals surface area contributed by atoms with Crippen LogP contribution in [-0.2, 0) is 6.54 Å². The Kier molecular flexibility index (Phi) is 3.38. The molecular weight excluding hydrogens is 236 g/mol. The lowest BCUT2D eigenvalue weighted by Crippen LogP contribution is -2.17. The third-order valence-electron chi connectivity index (χ3n) is 3.42. The van der Waals surface area contributed by atoms with Crippen molar-refractivity contribution in [1.82, 2.24) is 0 Å². The number of ether oxygens (including phenoxy) is 1. The Bertz CT molecular complexity index is 551. The number of nitrogens with two attached hydrogens (primary N) is 1. The molecule has 0 aliphatic carbocycles. The number of hydrogen-bond acceptors (Lipinski definition) is 3. The monoisotopic (exact) mass is 254 g/mol. The SMILES string of the molecule is NCc1ccc(N2CCCOc3ccccc32)cc1. The zero-order valence-electron chi connectivity index (χ0n) is 10.9. The Morgan fingerprint density at radius 3 is 2.63 bits per heavy atom. The number of hydrogen-bond donors (Lipinski definition) is 1. The molecule has 2 N–H and O–H groups in total. The van der Waals surface area contributed by atoms with E-state index in [-0.39, 0.29) is 0 Å². The van der Waals surface area contributed by atoms with Crippen LogP contribution < -0.4 is 15.4 Å². The van der Waals surface area contributed by atoms with Gasteiger partial charge < -0.3 is 15.4 Å². The number of rotatable bonds is 2. The minimum absolute atomic E-state index is 0.583. The topological polar surface area (TPSA) is 38.5 Å². The summed E-state index contributed by atoms with van der Waals surface area (Å²) in [6, 6.07) is 16.6. The van der Waals surface area contributed by atoms with E-state index in [1.165, 1.54) is 5.69 Å². The first kappa shape index (κ1) is 12.1. The molecule has 0 saturated carbocycles. The van der Waals surface area contributed by atoms with Gasteiger partial charge in [-0.2, -0.15) is 0 Å². The van der Waals surface area contributed by atoms with Crippen molar-refractivity contribution < 1.29 is 4.74 Å². The zero-order chi connectivity index (χ0) is 13.1. The molecule has 0 atom stereocenters. The summed E-state index contributed by atoms with van der Waals surface area (Å²) >= 11 is 0. The fourth-order valence-corrected chi connectivity index (χ4v) is 2.41. The van der Waals surface area contributed by atoms with Gasteiger partial charge in [0.2, 0.25) is 0 Å². The molecule has 19 heavy (non-hydrogen) atoms. The molecule has 0 aromatic heterocycles. The van der Waals surface area contributed by atoms with E-state index in [2.05, 4.69) is 41.3 Å². The normalized spacial score (nSPS) is 14.5. The molecule has 98 valence electrons. The summed E-state index contributed by atoms with van der Waals surface area (Å²) in [6.45, 7) is 2.33. The molecule has 2 aromatic carbocycles. The number of anilines is 2. The molecule has 3 heteroatoms. The molecule has 1 heterocycles. The first-order chi connectivity index (χ1) is 9.38. The van der Waals surface area contributed by atoms with Crippen molar-refractivity contribution in [3.05, 3.63) is 54.1 Å². The summed E-state index contributed by atoms with van der Waals surface area (Å²) < 4.78 is 5.78. The number of benzene rings is 2. The molecule has 0 fully saturated rings. The van der Waals surface area contributed by atoms with E-state index in [1.54, 1.807) is 0 Å². The fourth-order valence-electron chi connectivity index (χ4n) is 2.41. The summed E-state index contributed by atoms with van der Waals surface area (Å²) in [5.74, 6) is 0.961. The van der Waals surface area contributed by atoms with Crippen LogP contribution >= 0.6 is 0 Å². The average Bonchev–Trinajstić information content (AvgIpc) is 2.70. The fraction of sp³-hybridized carbons (Fsp3) is 0.250. The maximum absolute atomic E-state index is 5.78. The Labute approximate surface area is 113 Å². The predicted molar refractivity (Wildman–Crippen MR) is 77.9 cm³/mol. The molecule has 3 rings (SSSR count). The number of para-hydroxylation sites is 2. The largest absolute Gasteiger partial charge is 0.491 e. The van der Waals surface area contributed by atoms with Crippen LogP contribution in [0.2, 0.25) is 0 Å². The van der Waals surface area contributed by atoms with Crippen LogP contribution in [0.4, 0.5) is 11.4 Å². The maximum Gasteiger partial charge on any atom is 0.142 e. The minimum Gasteiger partial charge on any atom is -0.491 e. The van der Waals surface area contributed by atoms with E-state index >= 15 is 0 Å². The van der Waals surface area contributed by atoms with Crippen molar-refractivity contribution in [3.63, 3.8) is 0 Å². The summed E-state index contributed by atoms with van der Waals surface area (Å²) in [4.78, 5) is 2.31. The van der Waals surface area contributed by atoms with Crippen LogP contribution in [0.3, 0.4) is 0 Å². The van der Waals surface area contributed by atoms with Gasteiger partial charge in [0.05, 0.1) is 12.3 Å². The molecule has 0 saturated heterocycles. The molecule has 0 unspecified atom stereocenters. The summed E-state index contributed by atoms with van der Waals surface area (Å²) in [6.07, 6.45) is 1.02. The third kappa shape index (κ3) is 2.42. The molecule has 0 bridgehead atoms. The van der Waals surface area contributed by atoms with E-state index < -0.39 is 0 Å². The quantitative estimate of drug-likeness (QED) is 0.895. The van der Waals surface area contributed by atoms with Crippen LogP contribution in [0.25, 0.3) is 0 Å². The van der Waals surface area contributed by atoms with Crippen LogP contribution in [-0.4, -0.2) is 13.2 Å². The second-order valence-electron chi connectivity index (χ2n) is 4.69. The highest BCUT2D eigenvalue weighted by molar-refractivity contribution is 5.69. The summed E-state index contributed by atoms with van der Waals surface area (Å²) in [7, 11) is 0. The van der Waals surface area contributed by atoms with Crippen LogP contribution in [0.5, 0.6) is 5.75 Å². The average molecular weight is 254 g/mol. The van der Waals surface area contributed by atoms with Gasteiger partial charge in [0.1, 0.15) is 5.75 Å². The van der Waals surface area contributed by atoms with Gasteiger partial charge in [-0.1, -0.05) is 24.3 Å². The summed E-state index contributed by atoms with van der Waals surface area (Å²) in [5, 5.41) is 0. The Morgan fingerprint density at radius 2 is 1.84 bits per heavy atom. The predicted octanol–water partition coefficient (Wildman–Crippen LogP) is 3.07. The Morgan fingerprint density at radius 1 is 1.05 bits per heavy atom. The van der Waals surface area contributed by atoms with E-state index in [1.807, 2.05) is 12.1 Å². The van der Waals surface area contributed by atoms with Gasteiger partial charge in [0, 0.05) is 18.8 Å². The standard InChI is InChI=1S/C16H18N2O/c17-12-13-6-8-14(9-7-13)18-10-3-11-19-16-5-2-1-4-15(16)18/h1-2,4-9H,3,10-12,17H2. The van der Waals surface area contributed by atoms with Crippen molar-refractivity contribution in [2.45, 2.75) is 13.0 Å². The highest BCUT2D eigenvalue weighted by Crippen LogP contribution is 2.35. The molecule has 0 amide bonds. The molecule has 0 radical (unpaired) electrons. The van der Waals surface area contributed by atoms with E-state index in [0.717, 1.165) is 36.6 Å². The van der Waals surface area contributed by atoms with Crippen molar-refractivity contribution in [2.24, 2.45) is 5.73 Å². The Hall–Kier alpha value is -2.00. The second kappa shape index (κ2) is 5.33. The van der Waals surface area contributed by atoms with Gasteiger partial charge in [-0.15, -0.1) is 0 Å². The molecule has 1 aliphatic rings. The minimum atomic E-state index is 0.583. The van der Waals surface area contributed by atoms with Crippen LogP contribution in [0, 0.1) is 0 Å². The highest BCUT2D eigenvalue weighted by atomic mass is 16.5. The first-order valence-corrected chi connectivity index (χ1v) is 6.67. The van der Waals surface area contributed by atoms with Crippen LogP contribution in [0.15, 0.2) is 48.5 Å². The molecule has 1 aliphatic heterocycles. The van der Waals surface area contributed by atoms with Crippen molar-refractivity contribution >= 4 is 11.4 Å². The summed E-state index contributed by atoms with van der Waals surface area (Å²) in [5.41, 5.74) is 9.13. The molecule has 2 aromatic rings. The zero-order valence-corrected chi connectivity index (χ0v) is 10.9. The molecule has 0 spiro atoms. The van der Waals surface area contributed by atoms with Gasteiger partial charge in [-0.3, -0.25) is 0 Å². The lowest BCUT2D eigenvalue weighted by Gasteiger charge is -2.24. The van der Waals surface area contributed by atoms with Gasteiger partial charge >= 0.3 is 0 Å². The number of fused-ring (bicyclic) bond motifs is 1. The third-order valence-corrected chi connectivity index (χ3v) is 3.42. The van der Waals surface area contributed by atoms with E-state index in [9.17, 15) is 0 Å². The lowest BCUT2D eigenvalue weighted by atomic mass is 10.1. The second-order valence-corrected chi connectivity index (χ2v) is 4.69. The van der Waals surface area contributed by atoms with Crippen molar-refractivity contribution in [1.29, 1.82) is 0 Å². The number of nitrogens with zero attached hydrogens (tertiary/aromatic N) is 1. The van der Waals surface area contributed by atoms with E-state index in [4.69, 9.17) is 10.5 Å². The smallest absolute Gasteiger partial charge is 0.142 e.